The van der Waals surface area contributed by atoms with Gasteiger partial charge in [0, 0.05) is 55.4 Å². The monoisotopic (exact) mass is 633 g/mol. The fourth-order valence-corrected chi connectivity index (χ4v) is 3.95. The number of hydrogen-bond donors (Lipinski definition) is 0. The zero-order valence-electron chi connectivity index (χ0n) is 28.7. The molecule has 45 heavy (non-hydrogen) atoms. The highest BCUT2D eigenvalue weighted by Gasteiger charge is 2.33. The van der Waals surface area contributed by atoms with Crippen LogP contribution < -0.4 is 0 Å². The van der Waals surface area contributed by atoms with Crippen LogP contribution in [0, 0.1) is 10.8 Å². The summed E-state index contributed by atoms with van der Waals surface area (Å²) in [5.74, 6) is -1.14. The summed E-state index contributed by atoms with van der Waals surface area (Å²) in [6.07, 6.45) is 8.93. The molecule has 0 saturated carbocycles. The van der Waals surface area contributed by atoms with Gasteiger partial charge in [0.1, 0.15) is 11.2 Å². The molecule has 254 valence electrons. The molecule has 0 saturated heterocycles. The van der Waals surface area contributed by atoms with E-state index in [1.807, 2.05) is 38.5 Å². The van der Waals surface area contributed by atoms with E-state index < -0.39 is 28.0 Å². The summed E-state index contributed by atoms with van der Waals surface area (Å²) < 4.78 is 24.5. The Morgan fingerprint density at radius 3 is 1.91 bits per heavy atom. The van der Waals surface area contributed by atoms with E-state index in [2.05, 4.69) is 23.0 Å². The molecular formula is C34H55N3O8. The zero-order chi connectivity index (χ0) is 34.3. The van der Waals surface area contributed by atoms with Gasteiger partial charge >= 0.3 is 11.9 Å². The number of nitrogens with zero attached hydrogens (tertiary/aromatic N) is 3. The van der Waals surface area contributed by atoms with Crippen LogP contribution in [0.2, 0.25) is 0 Å². The van der Waals surface area contributed by atoms with Gasteiger partial charge in [0.25, 0.3) is 0 Å². The Morgan fingerprint density at radius 2 is 1.36 bits per heavy atom. The molecule has 11 nitrogen and oxygen atoms in total. The molecule has 1 rings (SSSR count). The number of rotatable bonds is 24. The Bertz CT molecular complexity index is 1120. The number of esters is 2. The Kier molecular flexibility index (Phi) is 16.0. The molecule has 11 heteroatoms. The number of carbonyl (C=O) groups excluding carboxylic acids is 4. The molecule has 0 aliphatic rings. The highest BCUT2D eigenvalue weighted by molar-refractivity contribution is 5.95. The number of aromatic nitrogens is 2. The number of imidazole rings is 1. The van der Waals surface area contributed by atoms with Crippen LogP contribution in [-0.2, 0) is 44.7 Å². The molecule has 0 unspecified atom stereocenters. The van der Waals surface area contributed by atoms with Gasteiger partial charge in [-0.3, -0.25) is 14.4 Å². The van der Waals surface area contributed by atoms with Gasteiger partial charge in [0.05, 0.1) is 39.2 Å². The largest absolute Gasteiger partial charge is 0.465 e. The van der Waals surface area contributed by atoms with Gasteiger partial charge in [0.15, 0.2) is 11.6 Å². The van der Waals surface area contributed by atoms with Crippen LogP contribution in [-0.4, -0.2) is 95.2 Å². The normalized spacial score (nSPS) is 12.6. The third-order valence-corrected chi connectivity index (χ3v) is 7.23. The second-order valence-corrected chi connectivity index (χ2v) is 13.9. The van der Waals surface area contributed by atoms with Crippen molar-refractivity contribution >= 4 is 23.5 Å². The van der Waals surface area contributed by atoms with Crippen molar-refractivity contribution in [3.8, 4) is 0 Å². The van der Waals surface area contributed by atoms with Crippen molar-refractivity contribution in [1.29, 1.82) is 0 Å². The summed E-state index contributed by atoms with van der Waals surface area (Å²) in [6, 6.07) is 0. The number of Topliss-reactive ketones (excluding diaryl/α,β-unsaturated/α-hetero) is 1. The molecule has 0 aromatic carbocycles. The quantitative estimate of drug-likeness (QED) is 0.118. The van der Waals surface area contributed by atoms with Crippen molar-refractivity contribution < 1.29 is 38.1 Å². The van der Waals surface area contributed by atoms with Gasteiger partial charge in [-0.2, -0.15) is 0 Å². The summed E-state index contributed by atoms with van der Waals surface area (Å²) in [7, 11) is 0. The molecular weight excluding hydrogens is 578 g/mol. The first-order valence-electron chi connectivity index (χ1n) is 15.4. The molecule has 0 amide bonds. The Labute approximate surface area is 269 Å². The fourth-order valence-electron chi connectivity index (χ4n) is 3.95. The van der Waals surface area contributed by atoms with Gasteiger partial charge in [0.2, 0.25) is 0 Å². The van der Waals surface area contributed by atoms with Crippen LogP contribution in [0.3, 0.4) is 0 Å². The molecule has 0 bridgehead atoms. The van der Waals surface area contributed by atoms with Crippen LogP contribution in [0.5, 0.6) is 0 Å². The molecule has 1 heterocycles. The average Bonchev–Trinajstić information content (AvgIpc) is 3.51. The van der Waals surface area contributed by atoms with Gasteiger partial charge in [-0.15, -0.1) is 0 Å². The summed E-state index contributed by atoms with van der Waals surface area (Å²) in [6.45, 7) is 24.4. The van der Waals surface area contributed by atoms with Crippen LogP contribution in [0.25, 0.3) is 0 Å². The predicted molar refractivity (Wildman–Crippen MR) is 172 cm³/mol. The Morgan fingerprint density at radius 1 is 0.778 bits per heavy atom. The van der Waals surface area contributed by atoms with Crippen LogP contribution in [0.1, 0.15) is 74.7 Å². The third kappa shape index (κ3) is 16.1. The molecule has 0 aliphatic carbocycles. The van der Waals surface area contributed by atoms with Crippen molar-refractivity contribution in [1.82, 2.24) is 14.5 Å². The van der Waals surface area contributed by atoms with E-state index in [-0.39, 0.29) is 56.8 Å². The molecule has 0 fully saturated rings. The lowest BCUT2D eigenvalue weighted by Gasteiger charge is -2.31. The summed E-state index contributed by atoms with van der Waals surface area (Å²) in [4.78, 5) is 55.5. The van der Waals surface area contributed by atoms with E-state index in [0.717, 1.165) is 19.0 Å². The minimum Gasteiger partial charge on any atom is -0.465 e. The lowest BCUT2D eigenvalue weighted by Crippen LogP contribution is -2.41. The van der Waals surface area contributed by atoms with Crippen molar-refractivity contribution in [3.05, 3.63) is 44.0 Å². The number of carbonyl (C=O) groups is 4. The maximum atomic E-state index is 13.2. The molecule has 0 aliphatic heterocycles. The van der Waals surface area contributed by atoms with E-state index in [9.17, 15) is 19.2 Å². The van der Waals surface area contributed by atoms with Gasteiger partial charge in [-0.05, 0) is 46.7 Å². The average molecular weight is 634 g/mol. The molecule has 0 N–H and O–H groups in total. The molecule has 0 atom stereocenters. The van der Waals surface area contributed by atoms with E-state index in [1.165, 1.54) is 6.08 Å². The second kappa shape index (κ2) is 18.1. The van der Waals surface area contributed by atoms with E-state index in [4.69, 9.17) is 18.9 Å². The maximum Gasteiger partial charge on any atom is 0.330 e. The standard InChI is InChI=1S/C34H55N3O8/c1-11-27(38)33(7,8)44-24-32(5,6)23-43-30(41)15-20-36(17-13-18-37-21-16-35-26-37)19-14-28(39)34(9,10)45-25-31(3,4)22-42-29(40)12-2/h11-12,16,21,26H,1-2,13-15,17-20,22-25H2,3-10H3. The van der Waals surface area contributed by atoms with Crippen molar-refractivity contribution in [2.45, 2.75) is 92.4 Å². The van der Waals surface area contributed by atoms with Crippen molar-refractivity contribution in [2.75, 3.05) is 46.1 Å². The number of hydrogen-bond acceptors (Lipinski definition) is 10. The minimum atomic E-state index is -1.04. The lowest BCUT2D eigenvalue weighted by molar-refractivity contribution is -0.153. The van der Waals surface area contributed by atoms with Crippen LogP contribution >= 0.6 is 0 Å². The fraction of sp³-hybridized carbons (Fsp3) is 0.676. The van der Waals surface area contributed by atoms with Gasteiger partial charge in [-0.1, -0.05) is 40.9 Å². The van der Waals surface area contributed by atoms with E-state index in [1.54, 1.807) is 40.2 Å². The summed E-state index contributed by atoms with van der Waals surface area (Å²) in [5.41, 5.74) is -3.04. The molecule has 0 radical (unpaired) electrons. The molecule has 1 aromatic heterocycles. The van der Waals surface area contributed by atoms with Gasteiger partial charge in [-0.25, -0.2) is 9.78 Å². The predicted octanol–water partition coefficient (Wildman–Crippen LogP) is 4.59. The van der Waals surface area contributed by atoms with Crippen LogP contribution in [0.15, 0.2) is 44.0 Å². The van der Waals surface area contributed by atoms with Crippen LogP contribution in [0.4, 0.5) is 0 Å². The zero-order valence-corrected chi connectivity index (χ0v) is 28.7. The first kappa shape index (κ1) is 39.9. The van der Waals surface area contributed by atoms with E-state index in [0.29, 0.717) is 19.6 Å². The highest BCUT2D eigenvalue weighted by Crippen LogP contribution is 2.23. The minimum absolute atomic E-state index is 0.0665. The topological polar surface area (TPSA) is 126 Å². The highest BCUT2D eigenvalue weighted by atomic mass is 16.5. The smallest absolute Gasteiger partial charge is 0.330 e. The first-order valence-corrected chi connectivity index (χ1v) is 15.4. The second-order valence-electron chi connectivity index (χ2n) is 13.9. The van der Waals surface area contributed by atoms with Gasteiger partial charge < -0.3 is 28.4 Å². The number of ether oxygens (including phenoxy) is 4. The summed E-state index contributed by atoms with van der Waals surface area (Å²) in [5, 5.41) is 0. The number of aryl methyl sites for hydroxylation is 1. The van der Waals surface area contributed by atoms with E-state index >= 15 is 0 Å². The Balaban J connectivity index is 2.68. The molecule has 1 aromatic rings. The maximum absolute atomic E-state index is 13.2. The third-order valence-electron chi connectivity index (χ3n) is 7.23. The summed E-state index contributed by atoms with van der Waals surface area (Å²) >= 11 is 0. The van der Waals surface area contributed by atoms with Crippen molar-refractivity contribution in [3.63, 3.8) is 0 Å². The molecule has 0 spiro atoms. The Hall–Kier alpha value is -3.15. The number of ketones is 2. The van der Waals surface area contributed by atoms with Crippen molar-refractivity contribution in [2.24, 2.45) is 10.8 Å². The lowest BCUT2D eigenvalue weighted by atomic mass is 9.94. The first-order chi connectivity index (χ1) is 20.8. The SMILES string of the molecule is C=CC(=O)OCC(C)(C)COC(C)(C)C(=O)CCN(CCCn1ccnc1)CCC(=O)OCC(C)(C)COC(C)(C)C(=O)C=C.